The highest BCUT2D eigenvalue weighted by molar-refractivity contribution is 6.64. The van der Waals surface area contributed by atoms with Gasteiger partial charge in [-0.25, -0.2) is 0 Å². The van der Waals surface area contributed by atoms with Gasteiger partial charge in [0.1, 0.15) is 13.4 Å². The number of hydrogen-bond donors (Lipinski definition) is 0. The number of hydrogen-bond acceptors (Lipinski definition) is 0. The van der Waals surface area contributed by atoms with Gasteiger partial charge in [0.25, 0.3) is 0 Å². The first-order chi connectivity index (χ1) is 6.11. The van der Waals surface area contributed by atoms with Crippen LogP contribution >= 0.6 is 0 Å². The lowest BCUT2D eigenvalue weighted by Crippen LogP contribution is -2.30. The van der Waals surface area contributed by atoms with Crippen LogP contribution < -0.4 is 0 Å². The summed E-state index contributed by atoms with van der Waals surface area (Å²) in [5.74, 6) is 4.30. The van der Waals surface area contributed by atoms with E-state index in [0.717, 1.165) is 36.9 Å². The minimum absolute atomic E-state index is 0.919. The van der Waals surface area contributed by atoms with Gasteiger partial charge in [-0.2, -0.15) is 0 Å². The Morgan fingerprint density at radius 1 is 0.769 bits per heavy atom. The predicted octanol–water partition coefficient (Wildman–Crippen LogP) is 3.67. The molecular formula is C11H22B2. The highest BCUT2D eigenvalue weighted by Crippen LogP contribution is 2.60. The summed E-state index contributed by atoms with van der Waals surface area (Å²) >= 11 is 0. The molecule has 0 spiro atoms. The van der Waals surface area contributed by atoms with Crippen molar-refractivity contribution >= 4 is 13.4 Å². The molecule has 13 heavy (non-hydrogen) atoms. The third-order valence-corrected chi connectivity index (χ3v) is 4.59. The molecule has 0 unspecified atom stereocenters. The molecule has 0 aliphatic heterocycles. The molecule has 0 N–H and O–H groups in total. The predicted molar refractivity (Wildman–Crippen MR) is 63.3 cm³/mol. The fraction of sp³-hybridized carbons (Fsp3) is 1.00. The molecule has 0 aromatic heterocycles. The molecule has 2 rings (SSSR count). The van der Waals surface area contributed by atoms with Crippen molar-refractivity contribution in [3.63, 3.8) is 0 Å². The van der Waals surface area contributed by atoms with Crippen molar-refractivity contribution < 1.29 is 0 Å². The third kappa shape index (κ3) is 1.47. The van der Waals surface area contributed by atoms with Gasteiger partial charge in [0, 0.05) is 0 Å². The Bertz CT molecular complexity index is 169. The SMILES string of the molecule is CB(C)[C@@H]1[C@H]2CC[C@H](C2)[C@@H]1B(C)C. The molecule has 0 saturated heterocycles. The molecule has 0 aromatic carbocycles. The minimum Gasteiger partial charge on any atom is -0.0861 e. The molecule has 2 fully saturated rings. The Hall–Kier alpha value is 0.130. The van der Waals surface area contributed by atoms with Crippen molar-refractivity contribution in [1.29, 1.82) is 0 Å². The zero-order chi connectivity index (χ0) is 9.59. The molecule has 0 amide bonds. The topological polar surface area (TPSA) is 0 Å². The molecule has 0 nitrogen and oxygen atoms in total. The van der Waals surface area contributed by atoms with Gasteiger partial charge >= 0.3 is 0 Å². The molecule has 0 radical (unpaired) electrons. The van der Waals surface area contributed by atoms with Crippen molar-refractivity contribution in [2.45, 2.75) is 58.2 Å². The highest BCUT2D eigenvalue weighted by atomic mass is 14.5. The zero-order valence-electron chi connectivity index (χ0n) is 9.59. The molecule has 2 heteroatoms. The van der Waals surface area contributed by atoms with Crippen LogP contribution in [0.3, 0.4) is 0 Å². The zero-order valence-corrected chi connectivity index (χ0v) is 9.59. The largest absolute Gasteiger partial charge is 0.136 e. The lowest BCUT2D eigenvalue weighted by atomic mass is 9.29. The van der Waals surface area contributed by atoms with Crippen LogP contribution in [0, 0.1) is 11.8 Å². The van der Waals surface area contributed by atoms with Crippen LogP contribution in [0.15, 0.2) is 0 Å². The van der Waals surface area contributed by atoms with E-state index < -0.39 is 0 Å². The average Bonchev–Trinajstić information content (AvgIpc) is 2.60. The van der Waals surface area contributed by atoms with E-state index in [4.69, 9.17) is 0 Å². The van der Waals surface area contributed by atoms with Gasteiger partial charge < -0.3 is 0 Å². The third-order valence-electron chi connectivity index (χ3n) is 4.59. The highest BCUT2D eigenvalue weighted by Gasteiger charge is 2.49. The lowest BCUT2D eigenvalue weighted by molar-refractivity contribution is 0.468. The van der Waals surface area contributed by atoms with Crippen LogP contribution in [0.1, 0.15) is 19.3 Å². The van der Waals surface area contributed by atoms with Crippen molar-refractivity contribution in [2.75, 3.05) is 0 Å². The van der Waals surface area contributed by atoms with E-state index in [0.29, 0.717) is 0 Å². The van der Waals surface area contributed by atoms with Gasteiger partial charge in [-0.3, -0.25) is 0 Å². The fourth-order valence-electron chi connectivity index (χ4n) is 4.36. The molecule has 2 aliphatic carbocycles. The van der Waals surface area contributed by atoms with Crippen LogP contribution in [-0.4, -0.2) is 13.4 Å². The Morgan fingerprint density at radius 3 is 1.46 bits per heavy atom. The second kappa shape index (κ2) is 3.37. The van der Waals surface area contributed by atoms with Gasteiger partial charge in [-0.15, -0.1) is 0 Å². The van der Waals surface area contributed by atoms with E-state index in [9.17, 15) is 0 Å². The summed E-state index contributed by atoms with van der Waals surface area (Å²) in [4.78, 5) is 0. The Balaban J connectivity index is 2.15. The van der Waals surface area contributed by atoms with Gasteiger partial charge in [0.05, 0.1) is 0 Å². The van der Waals surface area contributed by atoms with Crippen LogP contribution in [0.4, 0.5) is 0 Å². The first kappa shape index (κ1) is 9.68. The maximum atomic E-state index is 2.43. The minimum atomic E-state index is 0.919. The summed E-state index contributed by atoms with van der Waals surface area (Å²) in [6.07, 6.45) is 4.64. The fourth-order valence-corrected chi connectivity index (χ4v) is 4.36. The van der Waals surface area contributed by atoms with E-state index in [-0.39, 0.29) is 0 Å². The molecule has 0 heterocycles. The molecule has 2 aliphatic rings. The van der Waals surface area contributed by atoms with Crippen LogP contribution in [0.5, 0.6) is 0 Å². The van der Waals surface area contributed by atoms with Crippen molar-refractivity contribution in [1.82, 2.24) is 0 Å². The molecule has 0 aromatic rings. The standard InChI is InChI=1S/C11H22B2/c1-12(2)10-8-5-6-9(7-8)11(10)13(3)4/h8-11H,5-7H2,1-4H3/t8-,9+,10+,11-. The second-order valence-corrected chi connectivity index (χ2v) is 5.98. The van der Waals surface area contributed by atoms with Gasteiger partial charge in [0.2, 0.25) is 0 Å². The van der Waals surface area contributed by atoms with Gasteiger partial charge in [0.15, 0.2) is 0 Å². The van der Waals surface area contributed by atoms with E-state index in [2.05, 4.69) is 27.3 Å². The lowest BCUT2D eigenvalue weighted by Gasteiger charge is -2.34. The average molecular weight is 176 g/mol. The maximum absolute atomic E-state index is 2.43. The van der Waals surface area contributed by atoms with Crippen molar-refractivity contribution in [3.05, 3.63) is 0 Å². The summed E-state index contributed by atoms with van der Waals surface area (Å²) in [5, 5.41) is 0. The van der Waals surface area contributed by atoms with Gasteiger partial charge in [-0.05, 0) is 18.3 Å². The maximum Gasteiger partial charge on any atom is 0.136 e. The van der Waals surface area contributed by atoms with E-state index in [1.165, 1.54) is 12.8 Å². The van der Waals surface area contributed by atoms with Crippen LogP contribution in [0.25, 0.3) is 0 Å². The first-order valence-electron chi connectivity index (χ1n) is 6.11. The molecule has 4 atom stereocenters. The molecule has 72 valence electrons. The van der Waals surface area contributed by atoms with E-state index >= 15 is 0 Å². The smallest absolute Gasteiger partial charge is 0.0861 e. The Kier molecular flexibility index (Phi) is 2.50. The van der Waals surface area contributed by atoms with Gasteiger partial charge in [-0.1, -0.05) is 51.8 Å². The quantitative estimate of drug-likeness (QED) is 0.563. The summed E-state index contributed by atoms with van der Waals surface area (Å²) in [6.45, 7) is 11.6. The summed E-state index contributed by atoms with van der Waals surface area (Å²) in [7, 11) is 0. The molecule has 2 bridgehead atoms. The normalized spacial score (nSPS) is 42.5. The second-order valence-electron chi connectivity index (χ2n) is 5.98. The van der Waals surface area contributed by atoms with Crippen molar-refractivity contribution in [2.24, 2.45) is 11.8 Å². The summed E-state index contributed by atoms with van der Waals surface area (Å²) in [5.41, 5.74) is 0. The molecule has 2 saturated carbocycles. The monoisotopic (exact) mass is 176 g/mol. The summed E-state index contributed by atoms with van der Waals surface area (Å²) in [6, 6.07) is 0. The van der Waals surface area contributed by atoms with Crippen molar-refractivity contribution in [3.8, 4) is 0 Å². The van der Waals surface area contributed by atoms with E-state index in [1.54, 1.807) is 6.42 Å². The Morgan fingerprint density at radius 2 is 1.15 bits per heavy atom. The first-order valence-corrected chi connectivity index (χ1v) is 6.11. The number of fused-ring (bicyclic) bond motifs is 2. The van der Waals surface area contributed by atoms with Crippen LogP contribution in [0.2, 0.25) is 38.9 Å². The van der Waals surface area contributed by atoms with Crippen LogP contribution in [-0.2, 0) is 0 Å². The van der Waals surface area contributed by atoms with E-state index in [1.807, 2.05) is 0 Å². The molecular weight excluding hydrogens is 154 g/mol. The Labute approximate surface area is 84.0 Å². The summed E-state index contributed by atoms with van der Waals surface area (Å²) < 4.78 is 0. The number of rotatable bonds is 2.